The van der Waals surface area contributed by atoms with Crippen molar-refractivity contribution in [3.63, 3.8) is 0 Å². The molecule has 2 saturated heterocycles. The van der Waals surface area contributed by atoms with Gasteiger partial charge in [-0.2, -0.15) is 5.26 Å². The first-order valence-corrected chi connectivity index (χ1v) is 8.55. The maximum absolute atomic E-state index is 12.5. The molecule has 0 saturated carbocycles. The van der Waals surface area contributed by atoms with Gasteiger partial charge in [-0.3, -0.25) is 4.90 Å². The van der Waals surface area contributed by atoms with E-state index < -0.39 is 5.60 Å². The molecule has 2 aliphatic heterocycles. The Morgan fingerprint density at radius 2 is 2.04 bits per heavy atom. The molecule has 1 amide bonds. The van der Waals surface area contributed by atoms with Crippen LogP contribution in [0.15, 0.2) is 30.3 Å². The highest BCUT2D eigenvalue weighted by atomic mass is 16.6. The highest BCUT2D eigenvalue weighted by Gasteiger charge is 2.52. The summed E-state index contributed by atoms with van der Waals surface area (Å²) in [6.45, 7) is 7.17. The third kappa shape index (κ3) is 3.39. The summed E-state index contributed by atoms with van der Waals surface area (Å²) in [5.41, 5.74) is 0.754. The van der Waals surface area contributed by atoms with Crippen LogP contribution in [0.5, 0.6) is 0 Å². The Morgan fingerprint density at radius 3 is 2.67 bits per heavy atom. The molecule has 0 radical (unpaired) electrons. The first kappa shape index (κ1) is 16.8. The van der Waals surface area contributed by atoms with E-state index in [1.54, 1.807) is 0 Å². The van der Waals surface area contributed by atoms with Gasteiger partial charge in [0.1, 0.15) is 5.60 Å². The SMILES string of the molecule is CC(C)(C)OC(=O)N1C[C@H]2C[C@@H]1[C@@H](CC#N)N2Cc1ccccc1. The lowest BCUT2D eigenvalue weighted by atomic mass is 10.1. The van der Waals surface area contributed by atoms with Crippen molar-refractivity contribution in [1.29, 1.82) is 5.26 Å². The van der Waals surface area contributed by atoms with Crippen LogP contribution in [0.25, 0.3) is 0 Å². The standard InChI is InChI=1S/C19H25N3O2/c1-19(2,3)24-18(23)22-13-15-11-17(22)16(9-10-20)21(15)12-14-7-5-4-6-8-14/h4-8,15-17H,9,11-13H2,1-3H3/t15-,16-,17-/m1/s1. The second kappa shape index (κ2) is 6.45. The summed E-state index contributed by atoms with van der Waals surface area (Å²) >= 11 is 0. The maximum Gasteiger partial charge on any atom is 0.410 e. The number of amides is 1. The largest absolute Gasteiger partial charge is 0.444 e. The van der Waals surface area contributed by atoms with Crippen LogP contribution in [-0.2, 0) is 11.3 Å². The number of carbonyl (C=O) groups is 1. The predicted molar refractivity (Wildman–Crippen MR) is 91.1 cm³/mol. The minimum atomic E-state index is -0.493. The lowest BCUT2D eigenvalue weighted by molar-refractivity contribution is 0.000987. The fourth-order valence-electron chi connectivity index (χ4n) is 3.86. The number of benzene rings is 1. The maximum atomic E-state index is 12.5. The van der Waals surface area contributed by atoms with Crippen molar-refractivity contribution in [2.45, 2.75) is 63.9 Å². The molecule has 2 fully saturated rings. The number of piperazine rings is 1. The lowest BCUT2D eigenvalue weighted by Gasteiger charge is -2.40. The molecule has 0 unspecified atom stereocenters. The summed E-state index contributed by atoms with van der Waals surface area (Å²) in [5, 5.41) is 9.24. The average molecular weight is 327 g/mol. The molecular weight excluding hydrogens is 302 g/mol. The number of fused-ring (bicyclic) bond motifs is 2. The van der Waals surface area contributed by atoms with Gasteiger partial charge in [0.05, 0.1) is 18.5 Å². The number of likely N-dealkylation sites (tertiary alicyclic amines) is 2. The smallest absolute Gasteiger partial charge is 0.410 e. The number of carbonyl (C=O) groups excluding carboxylic acids is 1. The van der Waals surface area contributed by atoms with Gasteiger partial charge in [0, 0.05) is 25.2 Å². The molecule has 0 spiro atoms. The number of hydrogen-bond acceptors (Lipinski definition) is 4. The fourth-order valence-corrected chi connectivity index (χ4v) is 3.86. The van der Waals surface area contributed by atoms with Gasteiger partial charge in [0.25, 0.3) is 0 Å². The zero-order chi connectivity index (χ0) is 17.3. The number of rotatable bonds is 3. The molecule has 0 aliphatic carbocycles. The van der Waals surface area contributed by atoms with E-state index >= 15 is 0 Å². The fraction of sp³-hybridized carbons (Fsp3) is 0.579. The molecule has 0 N–H and O–H groups in total. The monoisotopic (exact) mass is 327 g/mol. The normalized spacial score (nSPS) is 26.4. The zero-order valence-electron chi connectivity index (χ0n) is 14.6. The van der Waals surface area contributed by atoms with E-state index in [-0.39, 0.29) is 18.2 Å². The van der Waals surface area contributed by atoms with E-state index in [1.165, 1.54) is 5.56 Å². The van der Waals surface area contributed by atoms with Crippen LogP contribution in [-0.4, -0.2) is 46.2 Å². The third-order valence-electron chi connectivity index (χ3n) is 4.80. The second-order valence-corrected chi connectivity index (χ2v) is 7.68. The highest BCUT2D eigenvalue weighted by Crippen LogP contribution is 2.39. The van der Waals surface area contributed by atoms with E-state index in [9.17, 15) is 10.1 Å². The first-order chi connectivity index (χ1) is 11.4. The van der Waals surface area contributed by atoms with E-state index in [0.29, 0.717) is 19.0 Å². The number of nitrogens with zero attached hydrogens (tertiary/aromatic N) is 3. The number of hydrogen-bond donors (Lipinski definition) is 0. The minimum Gasteiger partial charge on any atom is -0.444 e. The topological polar surface area (TPSA) is 56.6 Å². The quantitative estimate of drug-likeness (QED) is 0.856. The van der Waals surface area contributed by atoms with E-state index in [0.717, 1.165) is 13.0 Å². The van der Waals surface area contributed by atoms with Crippen molar-refractivity contribution in [2.24, 2.45) is 0 Å². The molecule has 2 bridgehead atoms. The van der Waals surface area contributed by atoms with Crippen LogP contribution in [0.2, 0.25) is 0 Å². The van der Waals surface area contributed by atoms with Crippen molar-refractivity contribution >= 4 is 6.09 Å². The van der Waals surface area contributed by atoms with Crippen LogP contribution in [0, 0.1) is 11.3 Å². The molecule has 128 valence electrons. The van der Waals surface area contributed by atoms with E-state index in [1.807, 2.05) is 43.9 Å². The summed E-state index contributed by atoms with van der Waals surface area (Å²) in [7, 11) is 0. The van der Waals surface area contributed by atoms with Gasteiger partial charge in [-0.15, -0.1) is 0 Å². The van der Waals surface area contributed by atoms with Crippen LogP contribution in [0.4, 0.5) is 4.79 Å². The Morgan fingerprint density at radius 1 is 1.33 bits per heavy atom. The van der Waals surface area contributed by atoms with Crippen LogP contribution < -0.4 is 0 Å². The van der Waals surface area contributed by atoms with Gasteiger partial charge in [-0.25, -0.2) is 4.79 Å². The average Bonchev–Trinajstić information content (AvgIpc) is 3.07. The Bertz CT molecular complexity index is 632. The van der Waals surface area contributed by atoms with Gasteiger partial charge in [0.15, 0.2) is 0 Å². The van der Waals surface area contributed by atoms with E-state index in [4.69, 9.17) is 4.74 Å². The summed E-state index contributed by atoms with van der Waals surface area (Å²) in [5.74, 6) is 0. The number of nitriles is 1. The van der Waals surface area contributed by atoms with Crippen molar-refractivity contribution < 1.29 is 9.53 Å². The molecule has 1 aromatic carbocycles. The second-order valence-electron chi connectivity index (χ2n) is 7.68. The summed E-state index contributed by atoms with van der Waals surface area (Å²) < 4.78 is 5.54. The number of ether oxygens (including phenoxy) is 1. The van der Waals surface area contributed by atoms with Gasteiger partial charge < -0.3 is 9.64 Å². The Labute approximate surface area is 143 Å². The summed E-state index contributed by atoms with van der Waals surface area (Å²) in [6, 6.07) is 13.1. The van der Waals surface area contributed by atoms with Crippen LogP contribution in [0.1, 0.15) is 39.2 Å². The Kier molecular flexibility index (Phi) is 4.51. The van der Waals surface area contributed by atoms with Crippen molar-refractivity contribution in [3.8, 4) is 6.07 Å². The van der Waals surface area contributed by atoms with Gasteiger partial charge >= 0.3 is 6.09 Å². The zero-order valence-corrected chi connectivity index (χ0v) is 14.6. The molecule has 2 aliphatic rings. The molecule has 5 heteroatoms. The lowest BCUT2D eigenvalue weighted by Crippen LogP contribution is -2.55. The van der Waals surface area contributed by atoms with E-state index in [2.05, 4.69) is 23.1 Å². The molecular formula is C19H25N3O2. The third-order valence-corrected chi connectivity index (χ3v) is 4.80. The molecule has 3 atom stereocenters. The van der Waals surface area contributed by atoms with Crippen molar-refractivity contribution in [3.05, 3.63) is 35.9 Å². The van der Waals surface area contributed by atoms with Gasteiger partial charge in [0.2, 0.25) is 0 Å². The predicted octanol–water partition coefficient (Wildman–Crippen LogP) is 3.16. The molecule has 3 rings (SSSR count). The minimum absolute atomic E-state index is 0.0770. The molecule has 0 aromatic heterocycles. The highest BCUT2D eigenvalue weighted by molar-refractivity contribution is 5.69. The van der Waals surface area contributed by atoms with Crippen LogP contribution in [0.3, 0.4) is 0 Å². The Hall–Kier alpha value is -2.06. The van der Waals surface area contributed by atoms with Gasteiger partial charge in [-0.1, -0.05) is 30.3 Å². The molecule has 1 aromatic rings. The van der Waals surface area contributed by atoms with Crippen molar-refractivity contribution in [2.75, 3.05) is 6.54 Å². The molecule has 2 heterocycles. The molecule has 24 heavy (non-hydrogen) atoms. The molecule has 5 nitrogen and oxygen atoms in total. The van der Waals surface area contributed by atoms with Crippen LogP contribution >= 0.6 is 0 Å². The summed E-state index contributed by atoms with van der Waals surface area (Å²) in [6.07, 6.45) is 1.11. The Balaban J connectivity index is 1.73. The summed E-state index contributed by atoms with van der Waals surface area (Å²) in [4.78, 5) is 16.7. The first-order valence-electron chi connectivity index (χ1n) is 8.55. The van der Waals surface area contributed by atoms with Gasteiger partial charge in [-0.05, 0) is 32.8 Å². The van der Waals surface area contributed by atoms with Crippen molar-refractivity contribution in [1.82, 2.24) is 9.80 Å².